The van der Waals surface area contributed by atoms with E-state index in [0.29, 0.717) is 19.3 Å². The van der Waals surface area contributed by atoms with Gasteiger partial charge in [-0.1, -0.05) is 245 Å². The van der Waals surface area contributed by atoms with Crippen molar-refractivity contribution < 1.29 is 28.6 Å². The Labute approximate surface area is 348 Å². The lowest BCUT2D eigenvalue weighted by Gasteiger charge is -2.18. The van der Waals surface area contributed by atoms with Crippen molar-refractivity contribution >= 4 is 17.9 Å². The summed E-state index contributed by atoms with van der Waals surface area (Å²) >= 11 is 0. The quantitative estimate of drug-likeness (QED) is 0.0347. The molecule has 0 N–H and O–H groups in total. The molecule has 0 radical (unpaired) electrons. The van der Waals surface area contributed by atoms with Crippen LogP contribution in [0.25, 0.3) is 0 Å². The maximum Gasteiger partial charge on any atom is 0.306 e. The van der Waals surface area contributed by atoms with Gasteiger partial charge >= 0.3 is 17.9 Å². The number of rotatable bonds is 46. The molecule has 1 atom stereocenters. The van der Waals surface area contributed by atoms with E-state index in [4.69, 9.17) is 14.2 Å². The van der Waals surface area contributed by atoms with Crippen LogP contribution in [0.1, 0.15) is 284 Å². The summed E-state index contributed by atoms with van der Waals surface area (Å²) in [6, 6.07) is 0. The molecule has 0 aromatic carbocycles. The van der Waals surface area contributed by atoms with Gasteiger partial charge in [-0.05, 0) is 19.3 Å². The van der Waals surface area contributed by atoms with Crippen molar-refractivity contribution in [3.8, 4) is 0 Å². The van der Waals surface area contributed by atoms with E-state index in [2.05, 4.69) is 20.8 Å². The Morgan fingerprint density at radius 1 is 0.286 bits per heavy atom. The SMILES string of the molecule is CCCCCCCCCCCCCCCCCCC(=O)O[C@@H](COC(=O)CCCCCCCCCCC)COC(=O)CCCCCCCCCCCCCCC. The summed E-state index contributed by atoms with van der Waals surface area (Å²) in [5.74, 6) is -0.846. The fourth-order valence-electron chi connectivity index (χ4n) is 7.56. The van der Waals surface area contributed by atoms with Gasteiger partial charge in [0, 0.05) is 19.3 Å². The highest BCUT2D eigenvalue weighted by Crippen LogP contribution is 2.16. The van der Waals surface area contributed by atoms with E-state index in [-0.39, 0.29) is 31.1 Å². The highest BCUT2D eigenvalue weighted by molar-refractivity contribution is 5.71. The van der Waals surface area contributed by atoms with E-state index >= 15 is 0 Å². The lowest BCUT2D eigenvalue weighted by Crippen LogP contribution is -2.30. The van der Waals surface area contributed by atoms with Crippen molar-refractivity contribution in [3.05, 3.63) is 0 Å². The van der Waals surface area contributed by atoms with Gasteiger partial charge in [0.25, 0.3) is 0 Å². The van der Waals surface area contributed by atoms with Crippen LogP contribution in [-0.2, 0) is 28.6 Å². The molecule has 0 fully saturated rings. The minimum Gasteiger partial charge on any atom is -0.462 e. The third-order valence-corrected chi connectivity index (χ3v) is 11.4. The lowest BCUT2D eigenvalue weighted by atomic mass is 10.0. The minimum absolute atomic E-state index is 0.0622. The normalized spacial score (nSPS) is 11.8. The molecule has 0 aliphatic rings. The molecule has 56 heavy (non-hydrogen) atoms. The van der Waals surface area contributed by atoms with Crippen LogP contribution < -0.4 is 0 Å². The molecule has 0 spiro atoms. The lowest BCUT2D eigenvalue weighted by molar-refractivity contribution is -0.167. The first-order valence-electron chi connectivity index (χ1n) is 25.0. The second-order valence-corrected chi connectivity index (χ2v) is 17.1. The van der Waals surface area contributed by atoms with Gasteiger partial charge in [0.1, 0.15) is 13.2 Å². The monoisotopic (exact) mass is 793 g/mol. The Hall–Kier alpha value is -1.59. The summed E-state index contributed by atoms with van der Waals surface area (Å²) in [5, 5.41) is 0. The van der Waals surface area contributed by atoms with Crippen molar-refractivity contribution in [1.29, 1.82) is 0 Å². The number of hydrogen-bond acceptors (Lipinski definition) is 6. The number of carbonyl (C=O) groups is 3. The first-order valence-corrected chi connectivity index (χ1v) is 25.0. The number of esters is 3. The topological polar surface area (TPSA) is 78.9 Å². The molecule has 0 aliphatic heterocycles. The molecule has 0 bridgehead atoms. The third kappa shape index (κ3) is 43.5. The van der Waals surface area contributed by atoms with Gasteiger partial charge in [-0.25, -0.2) is 0 Å². The molecule has 0 unspecified atom stereocenters. The van der Waals surface area contributed by atoms with Crippen molar-refractivity contribution in [2.24, 2.45) is 0 Å². The summed E-state index contributed by atoms with van der Waals surface area (Å²) in [7, 11) is 0. The average molecular weight is 793 g/mol. The van der Waals surface area contributed by atoms with E-state index in [1.807, 2.05) is 0 Å². The number of hydrogen-bond donors (Lipinski definition) is 0. The van der Waals surface area contributed by atoms with Crippen LogP contribution in [0.2, 0.25) is 0 Å². The van der Waals surface area contributed by atoms with Crippen LogP contribution in [0, 0.1) is 0 Å². The highest BCUT2D eigenvalue weighted by Gasteiger charge is 2.19. The van der Waals surface area contributed by atoms with E-state index < -0.39 is 6.10 Å². The average Bonchev–Trinajstić information content (AvgIpc) is 3.19. The van der Waals surface area contributed by atoms with Gasteiger partial charge in [0.2, 0.25) is 0 Å². The van der Waals surface area contributed by atoms with Crippen molar-refractivity contribution in [2.75, 3.05) is 13.2 Å². The number of unbranched alkanes of at least 4 members (excludes halogenated alkanes) is 35. The smallest absolute Gasteiger partial charge is 0.306 e. The standard InChI is InChI=1S/C50H96O6/c1-4-7-10-13-16-19-21-23-24-25-27-29-32-35-38-41-44-50(53)56-47(45-54-48(51)42-39-36-33-30-18-15-12-9-6-3)46-55-49(52)43-40-37-34-31-28-26-22-20-17-14-11-8-5-2/h47H,4-46H2,1-3H3/t47-/m0/s1. The molecule has 0 saturated carbocycles. The van der Waals surface area contributed by atoms with Crippen LogP contribution in [0.3, 0.4) is 0 Å². The maximum atomic E-state index is 12.8. The van der Waals surface area contributed by atoms with Crippen molar-refractivity contribution in [2.45, 2.75) is 290 Å². The highest BCUT2D eigenvalue weighted by atomic mass is 16.6. The second kappa shape index (κ2) is 46.1. The number of ether oxygens (including phenoxy) is 3. The maximum absolute atomic E-state index is 12.8. The Morgan fingerprint density at radius 3 is 0.714 bits per heavy atom. The first-order chi connectivity index (χ1) is 27.5. The fourth-order valence-corrected chi connectivity index (χ4v) is 7.56. The zero-order valence-corrected chi connectivity index (χ0v) is 37.9. The van der Waals surface area contributed by atoms with Gasteiger partial charge in [-0.15, -0.1) is 0 Å². The molecule has 0 heterocycles. The van der Waals surface area contributed by atoms with E-state index in [9.17, 15) is 14.4 Å². The summed E-state index contributed by atoms with van der Waals surface area (Å²) in [4.78, 5) is 37.8. The largest absolute Gasteiger partial charge is 0.462 e. The minimum atomic E-state index is -0.758. The second-order valence-electron chi connectivity index (χ2n) is 17.1. The summed E-state index contributed by atoms with van der Waals surface area (Å²) in [5.41, 5.74) is 0. The Balaban J connectivity index is 4.27. The van der Waals surface area contributed by atoms with E-state index in [0.717, 1.165) is 57.8 Å². The van der Waals surface area contributed by atoms with E-state index in [1.54, 1.807) is 0 Å². The summed E-state index contributed by atoms with van der Waals surface area (Å²) in [6.07, 6.45) is 48.0. The van der Waals surface area contributed by atoms with E-state index in [1.165, 1.54) is 186 Å². The zero-order chi connectivity index (χ0) is 40.8. The molecule has 6 nitrogen and oxygen atoms in total. The summed E-state index contributed by atoms with van der Waals surface area (Å²) < 4.78 is 16.8. The molecule has 6 heteroatoms. The molecule has 0 saturated heterocycles. The molecular formula is C50H96O6. The van der Waals surface area contributed by atoms with Gasteiger partial charge in [0.05, 0.1) is 0 Å². The predicted octanol–water partition coefficient (Wildman–Crippen LogP) is 16.0. The van der Waals surface area contributed by atoms with Crippen LogP contribution in [-0.4, -0.2) is 37.2 Å². The van der Waals surface area contributed by atoms with Crippen molar-refractivity contribution in [3.63, 3.8) is 0 Å². The molecule has 0 rings (SSSR count). The molecule has 0 aromatic heterocycles. The fraction of sp³-hybridized carbons (Fsp3) is 0.940. The molecule has 0 aliphatic carbocycles. The Kier molecular flexibility index (Phi) is 44.8. The Bertz CT molecular complexity index is 828. The van der Waals surface area contributed by atoms with Gasteiger partial charge in [0.15, 0.2) is 6.10 Å². The molecule has 0 aromatic rings. The first kappa shape index (κ1) is 54.4. The predicted molar refractivity (Wildman–Crippen MR) is 238 cm³/mol. The molecule has 0 amide bonds. The third-order valence-electron chi connectivity index (χ3n) is 11.4. The molecule has 332 valence electrons. The molecular weight excluding hydrogens is 697 g/mol. The van der Waals surface area contributed by atoms with Crippen LogP contribution in [0.15, 0.2) is 0 Å². The Morgan fingerprint density at radius 2 is 0.482 bits per heavy atom. The summed E-state index contributed by atoms with van der Waals surface area (Å²) in [6.45, 7) is 6.65. The van der Waals surface area contributed by atoms with Crippen molar-refractivity contribution in [1.82, 2.24) is 0 Å². The zero-order valence-electron chi connectivity index (χ0n) is 37.9. The van der Waals surface area contributed by atoms with Crippen LogP contribution in [0.5, 0.6) is 0 Å². The number of carbonyl (C=O) groups excluding carboxylic acids is 3. The van der Waals surface area contributed by atoms with Gasteiger partial charge < -0.3 is 14.2 Å². The van der Waals surface area contributed by atoms with Crippen LogP contribution >= 0.6 is 0 Å². The van der Waals surface area contributed by atoms with Gasteiger partial charge in [-0.3, -0.25) is 14.4 Å². The van der Waals surface area contributed by atoms with Crippen LogP contribution in [0.4, 0.5) is 0 Å². The van der Waals surface area contributed by atoms with Gasteiger partial charge in [-0.2, -0.15) is 0 Å².